The zero-order valence-corrected chi connectivity index (χ0v) is 7.92. The molecule has 8 heavy (non-hydrogen) atoms. The van der Waals surface area contributed by atoms with Crippen molar-refractivity contribution in [1.82, 2.24) is 0 Å². The van der Waals surface area contributed by atoms with Crippen LogP contribution in [0, 0.1) is 0 Å². The number of alkyl halides is 3. The van der Waals surface area contributed by atoms with Gasteiger partial charge in [-0.3, -0.25) is 0 Å². The molecule has 0 saturated heterocycles. The third-order valence-electron chi connectivity index (χ3n) is 0.522. The van der Waals surface area contributed by atoms with Crippen molar-refractivity contribution in [1.29, 1.82) is 0 Å². The van der Waals surface area contributed by atoms with Crippen LogP contribution in [-0.2, 0) is 4.43 Å². The van der Waals surface area contributed by atoms with Crippen molar-refractivity contribution in [3.8, 4) is 0 Å². The Hall–Kier alpha value is 1.05. The van der Waals surface area contributed by atoms with E-state index in [9.17, 15) is 0 Å². The van der Waals surface area contributed by atoms with Gasteiger partial charge in [-0.05, 0) is 6.04 Å². The molecule has 0 amide bonds. The number of hydrogen-bond donors (Lipinski definition) is 0. The van der Waals surface area contributed by atoms with E-state index in [1.165, 1.54) is 0 Å². The molecule has 0 saturated carbocycles. The molecule has 50 valence electrons. The Balaban J connectivity index is 2.72. The summed E-state index contributed by atoms with van der Waals surface area (Å²) >= 11 is 15.9. The van der Waals surface area contributed by atoms with Gasteiger partial charge in [-0.1, -0.05) is 23.2 Å². The highest BCUT2D eigenvalue weighted by Gasteiger charge is 1.95. The summed E-state index contributed by atoms with van der Waals surface area (Å²) < 4.78 is 4.87. The minimum atomic E-state index is -0.648. The summed E-state index contributed by atoms with van der Waals surface area (Å²) in [5.74, 6) is 0.646. The monoisotopic (exact) mass is 192 g/mol. The van der Waals surface area contributed by atoms with Gasteiger partial charge in [-0.25, -0.2) is 0 Å². The maximum absolute atomic E-state index is 5.35. The Morgan fingerprint density at radius 3 is 2.50 bits per heavy atom. The lowest BCUT2D eigenvalue weighted by molar-refractivity contribution is 0.376. The molecule has 0 rings (SSSR count). The zero-order valence-electron chi connectivity index (χ0n) is 4.24. The van der Waals surface area contributed by atoms with Crippen LogP contribution in [0.1, 0.15) is 0 Å². The van der Waals surface area contributed by atoms with Gasteiger partial charge in [-0.2, -0.15) is 0 Å². The lowest BCUT2D eigenvalue weighted by Crippen LogP contribution is -2.02. The van der Waals surface area contributed by atoms with E-state index in [4.69, 9.17) is 39.2 Å². The Morgan fingerprint density at radius 1 is 1.50 bits per heavy atom. The number of halogens is 3. The van der Waals surface area contributed by atoms with E-state index in [0.29, 0.717) is 5.88 Å². The fourth-order valence-corrected chi connectivity index (χ4v) is 1.54. The first-order chi connectivity index (χ1) is 3.77. The van der Waals surface area contributed by atoms with Crippen LogP contribution in [-0.4, -0.2) is 20.7 Å². The smallest absolute Gasteiger partial charge is 0.197 e. The summed E-state index contributed by atoms with van der Waals surface area (Å²) in [5, 5.41) is -0.648. The quantitative estimate of drug-likeness (QED) is 0.374. The summed E-state index contributed by atoms with van der Waals surface area (Å²) in [7, 11) is -0.532. The van der Waals surface area contributed by atoms with Crippen molar-refractivity contribution in [3.63, 3.8) is 0 Å². The average molecular weight is 194 g/mol. The summed E-state index contributed by atoms with van der Waals surface area (Å²) in [5.41, 5.74) is 0. The van der Waals surface area contributed by atoms with Crippen LogP contribution in [0.15, 0.2) is 0 Å². The lowest BCUT2D eigenvalue weighted by atomic mass is 11.0. The van der Waals surface area contributed by atoms with Crippen LogP contribution in [0.3, 0.4) is 0 Å². The predicted molar refractivity (Wildman–Crippen MR) is 40.7 cm³/mol. The fraction of sp³-hybridized carbons (Fsp3) is 1.00. The van der Waals surface area contributed by atoms with Crippen LogP contribution in [0.25, 0.3) is 0 Å². The zero-order chi connectivity index (χ0) is 6.41. The summed E-state index contributed by atoms with van der Waals surface area (Å²) in [4.78, 5) is 0. The average Bonchev–Trinajstić information content (AvgIpc) is 1.66. The molecule has 1 nitrogen and oxygen atoms in total. The van der Waals surface area contributed by atoms with Crippen molar-refractivity contribution < 1.29 is 4.43 Å². The van der Waals surface area contributed by atoms with Gasteiger partial charge >= 0.3 is 0 Å². The SMILES string of the molecule is ClCC[SiH2]OC(Cl)Cl. The lowest BCUT2D eigenvalue weighted by Gasteiger charge is -1.99. The van der Waals surface area contributed by atoms with Gasteiger partial charge in [0.25, 0.3) is 0 Å². The number of rotatable bonds is 4. The van der Waals surface area contributed by atoms with E-state index in [2.05, 4.69) is 0 Å². The van der Waals surface area contributed by atoms with Gasteiger partial charge in [0.05, 0.1) is 0 Å². The second-order valence-electron chi connectivity index (χ2n) is 1.17. The van der Waals surface area contributed by atoms with Crippen LogP contribution in [0.2, 0.25) is 6.04 Å². The van der Waals surface area contributed by atoms with E-state index in [0.717, 1.165) is 6.04 Å². The minimum Gasteiger partial charge on any atom is -0.397 e. The molecule has 0 radical (unpaired) electrons. The van der Waals surface area contributed by atoms with E-state index in [-0.39, 0.29) is 0 Å². The molecule has 0 N–H and O–H groups in total. The highest BCUT2D eigenvalue weighted by molar-refractivity contribution is 6.45. The Morgan fingerprint density at radius 2 is 2.12 bits per heavy atom. The largest absolute Gasteiger partial charge is 0.397 e. The van der Waals surface area contributed by atoms with Gasteiger partial charge in [0, 0.05) is 5.88 Å². The molecule has 0 fully saturated rings. The standard InChI is InChI=1S/C3H7Cl3OSi/c4-1-2-8-7-3(5)6/h3H,1-2,8H2. The van der Waals surface area contributed by atoms with E-state index >= 15 is 0 Å². The van der Waals surface area contributed by atoms with Gasteiger partial charge in [0.1, 0.15) is 0 Å². The first-order valence-electron chi connectivity index (χ1n) is 2.23. The van der Waals surface area contributed by atoms with Gasteiger partial charge < -0.3 is 4.43 Å². The Kier molecular flexibility index (Phi) is 6.98. The van der Waals surface area contributed by atoms with Crippen LogP contribution < -0.4 is 0 Å². The molecule has 0 aromatic carbocycles. The Bertz CT molecular complexity index is 51.8. The van der Waals surface area contributed by atoms with Gasteiger partial charge in [0.2, 0.25) is 0 Å². The molecule has 0 aliphatic rings. The second kappa shape index (κ2) is 6.17. The summed E-state index contributed by atoms with van der Waals surface area (Å²) in [6.07, 6.45) is 0. The molecular formula is C3H7Cl3OSi. The molecule has 0 heterocycles. The fourth-order valence-electron chi connectivity index (χ4n) is 0.227. The van der Waals surface area contributed by atoms with Crippen LogP contribution in [0.4, 0.5) is 0 Å². The number of hydrogen-bond acceptors (Lipinski definition) is 1. The topological polar surface area (TPSA) is 9.23 Å². The molecule has 0 bridgehead atoms. The molecule has 0 aromatic heterocycles. The van der Waals surface area contributed by atoms with Gasteiger partial charge in [0.15, 0.2) is 14.8 Å². The molecule has 0 aliphatic carbocycles. The molecular weight excluding hydrogens is 186 g/mol. The second-order valence-corrected chi connectivity index (χ2v) is 4.02. The highest BCUT2D eigenvalue weighted by Crippen LogP contribution is 2.02. The minimum absolute atomic E-state index is 0.532. The van der Waals surface area contributed by atoms with Crippen molar-refractivity contribution in [2.24, 2.45) is 0 Å². The first-order valence-corrected chi connectivity index (χ1v) is 5.21. The normalized spacial score (nSPS) is 12.0. The maximum Gasteiger partial charge on any atom is 0.197 e. The third kappa shape index (κ3) is 7.05. The van der Waals surface area contributed by atoms with Crippen molar-refractivity contribution in [2.75, 3.05) is 5.88 Å². The van der Waals surface area contributed by atoms with Gasteiger partial charge in [-0.15, -0.1) is 11.6 Å². The highest BCUT2D eigenvalue weighted by atomic mass is 35.5. The Labute approximate surface area is 66.2 Å². The van der Waals surface area contributed by atoms with E-state index in [1.54, 1.807) is 0 Å². The van der Waals surface area contributed by atoms with E-state index in [1.807, 2.05) is 0 Å². The molecule has 0 spiro atoms. The van der Waals surface area contributed by atoms with Crippen molar-refractivity contribution in [3.05, 3.63) is 0 Å². The van der Waals surface area contributed by atoms with Crippen molar-refractivity contribution >= 4 is 44.6 Å². The molecule has 5 heteroatoms. The predicted octanol–water partition coefficient (Wildman–Crippen LogP) is 1.51. The first kappa shape index (κ1) is 9.05. The summed E-state index contributed by atoms with van der Waals surface area (Å²) in [6.45, 7) is 0. The maximum atomic E-state index is 5.35. The molecule has 0 unspecified atom stereocenters. The summed E-state index contributed by atoms with van der Waals surface area (Å²) in [6, 6.07) is 0.928. The molecule has 0 aliphatic heterocycles. The third-order valence-corrected chi connectivity index (χ3v) is 3.12. The van der Waals surface area contributed by atoms with Crippen LogP contribution in [0.5, 0.6) is 0 Å². The molecule has 0 atom stereocenters. The molecule has 0 aromatic rings. The van der Waals surface area contributed by atoms with Crippen molar-refractivity contribution in [2.45, 2.75) is 11.1 Å². The van der Waals surface area contributed by atoms with E-state index < -0.39 is 14.8 Å². The van der Waals surface area contributed by atoms with Crippen LogP contribution >= 0.6 is 34.8 Å².